The molecule has 0 fully saturated rings. The molecule has 0 aliphatic rings. The summed E-state index contributed by atoms with van der Waals surface area (Å²) in [5, 5.41) is 29.7. The van der Waals surface area contributed by atoms with Crippen LogP contribution >= 0.6 is 0 Å². The van der Waals surface area contributed by atoms with Crippen LogP contribution in [0.15, 0.2) is 12.1 Å². The molecule has 0 spiro atoms. The summed E-state index contributed by atoms with van der Waals surface area (Å²) >= 11 is 0. The van der Waals surface area contributed by atoms with Gasteiger partial charge in [0.05, 0.1) is 23.5 Å². The van der Waals surface area contributed by atoms with E-state index in [-0.39, 0.29) is 17.9 Å². The zero-order valence-corrected chi connectivity index (χ0v) is 9.77. The molecule has 0 aliphatic heterocycles. The van der Waals surface area contributed by atoms with Crippen LogP contribution < -0.4 is 11.1 Å². The standard InChI is InChI=1S/C11H15FN2O4/c1-11(18,5-15)4-14-9-3-7(12)6(10(16)17)2-8(9)13/h2-3,14-15,18H,4-5,13H2,1H3,(H,16,17). The van der Waals surface area contributed by atoms with Crippen LogP contribution in [0.3, 0.4) is 0 Å². The number of rotatable bonds is 5. The highest BCUT2D eigenvalue weighted by molar-refractivity contribution is 5.90. The highest BCUT2D eigenvalue weighted by Crippen LogP contribution is 2.23. The average molecular weight is 258 g/mol. The first-order valence-corrected chi connectivity index (χ1v) is 5.16. The number of aliphatic hydroxyl groups excluding tert-OH is 1. The number of halogens is 1. The molecule has 0 bridgehead atoms. The molecule has 0 amide bonds. The number of hydrogen-bond acceptors (Lipinski definition) is 5. The van der Waals surface area contributed by atoms with E-state index in [9.17, 15) is 14.3 Å². The van der Waals surface area contributed by atoms with E-state index in [2.05, 4.69) is 5.32 Å². The van der Waals surface area contributed by atoms with Gasteiger partial charge in [-0.3, -0.25) is 0 Å². The summed E-state index contributed by atoms with van der Waals surface area (Å²) in [6.45, 7) is 0.854. The number of benzene rings is 1. The van der Waals surface area contributed by atoms with Crippen LogP contribution in [0.1, 0.15) is 17.3 Å². The first-order chi connectivity index (χ1) is 8.26. The number of carboxylic acids is 1. The van der Waals surface area contributed by atoms with E-state index in [1.54, 1.807) is 0 Å². The van der Waals surface area contributed by atoms with Gasteiger partial charge in [0.25, 0.3) is 0 Å². The smallest absolute Gasteiger partial charge is 0.338 e. The summed E-state index contributed by atoms with van der Waals surface area (Å²) in [6.07, 6.45) is 0. The average Bonchev–Trinajstić information content (AvgIpc) is 2.29. The van der Waals surface area contributed by atoms with E-state index in [1.807, 2.05) is 0 Å². The van der Waals surface area contributed by atoms with Crippen molar-refractivity contribution >= 4 is 17.3 Å². The molecular formula is C11H15FN2O4. The third kappa shape index (κ3) is 3.31. The van der Waals surface area contributed by atoms with Gasteiger partial charge in [-0.05, 0) is 19.1 Å². The number of hydrogen-bond donors (Lipinski definition) is 5. The van der Waals surface area contributed by atoms with Crippen molar-refractivity contribution in [3.63, 3.8) is 0 Å². The molecule has 1 unspecified atom stereocenters. The van der Waals surface area contributed by atoms with Gasteiger partial charge < -0.3 is 26.4 Å². The van der Waals surface area contributed by atoms with Crippen molar-refractivity contribution in [1.29, 1.82) is 0 Å². The minimum absolute atomic E-state index is 0.0440. The number of carbonyl (C=O) groups is 1. The Morgan fingerprint density at radius 1 is 1.56 bits per heavy atom. The van der Waals surface area contributed by atoms with Crippen LogP contribution in [0.4, 0.5) is 15.8 Å². The van der Waals surface area contributed by atoms with Crippen molar-refractivity contribution in [2.75, 3.05) is 24.2 Å². The number of nitrogens with two attached hydrogens (primary N) is 1. The first-order valence-electron chi connectivity index (χ1n) is 5.16. The number of nitrogens with one attached hydrogen (secondary N) is 1. The minimum Gasteiger partial charge on any atom is -0.478 e. The Morgan fingerprint density at radius 3 is 2.67 bits per heavy atom. The predicted octanol–water partition coefficient (Wildman–Crippen LogP) is 0.261. The molecule has 1 aromatic rings. The molecule has 1 aromatic carbocycles. The summed E-state index contributed by atoms with van der Waals surface area (Å²) in [5.41, 5.74) is 3.86. The van der Waals surface area contributed by atoms with E-state index >= 15 is 0 Å². The van der Waals surface area contributed by atoms with Gasteiger partial charge in [-0.25, -0.2) is 9.18 Å². The second kappa shape index (κ2) is 5.19. The molecule has 6 nitrogen and oxygen atoms in total. The van der Waals surface area contributed by atoms with Gasteiger partial charge >= 0.3 is 5.97 Å². The number of nitrogen functional groups attached to an aromatic ring is 1. The zero-order valence-electron chi connectivity index (χ0n) is 9.77. The van der Waals surface area contributed by atoms with Gasteiger partial charge in [0, 0.05) is 6.54 Å². The molecule has 0 saturated heterocycles. The van der Waals surface area contributed by atoms with Crippen LogP contribution in [0.25, 0.3) is 0 Å². The van der Waals surface area contributed by atoms with Gasteiger partial charge in [-0.1, -0.05) is 0 Å². The normalized spacial score (nSPS) is 14.0. The molecule has 6 N–H and O–H groups in total. The highest BCUT2D eigenvalue weighted by atomic mass is 19.1. The minimum atomic E-state index is -1.41. The molecular weight excluding hydrogens is 243 g/mol. The third-order valence-corrected chi connectivity index (χ3v) is 2.37. The van der Waals surface area contributed by atoms with Gasteiger partial charge in [-0.2, -0.15) is 0 Å². The van der Waals surface area contributed by atoms with Crippen molar-refractivity contribution in [3.05, 3.63) is 23.5 Å². The maximum absolute atomic E-state index is 13.4. The number of anilines is 2. The van der Waals surface area contributed by atoms with Crippen LogP contribution in [-0.4, -0.2) is 40.0 Å². The quantitative estimate of drug-likeness (QED) is 0.484. The Balaban J connectivity index is 2.92. The van der Waals surface area contributed by atoms with Crippen molar-refractivity contribution in [2.45, 2.75) is 12.5 Å². The summed E-state index contributed by atoms with van der Waals surface area (Å²) in [5.74, 6) is -2.34. The molecule has 0 heterocycles. The monoisotopic (exact) mass is 258 g/mol. The second-order valence-electron chi connectivity index (χ2n) is 4.23. The second-order valence-corrected chi connectivity index (χ2v) is 4.23. The van der Waals surface area contributed by atoms with Crippen molar-refractivity contribution in [2.24, 2.45) is 0 Å². The lowest BCUT2D eigenvalue weighted by molar-refractivity contribution is 0.0132. The zero-order chi connectivity index (χ0) is 13.9. The largest absolute Gasteiger partial charge is 0.478 e. The Labute approximate surface area is 103 Å². The lowest BCUT2D eigenvalue weighted by Crippen LogP contribution is -2.37. The van der Waals surface area contributed by atoms with Crippen molar-refractivity contribution < 1.29 is 24.5 Å². The fourth-order valence-electron chi connectivity index (χ4n) is 1.25. The lowest BCUT2D eigenvalue weighted by atomic mass is 10.1. The van der Waals surface area contributed by atoms with Crippen LogP contribution in [0.2, 0.25) is 0 Å². The van der Waals surface area contributed by atoms with Crippen LogP contribution in [0.5, 0.6) is 0 Å². The number of aromatic carboxylic acids is 1. The maximum atomic E-state index is 13.4. The fourth-order valence-corrected chi connectivity index (χ4v) is 1.25. The Kier molecular flexibility index (Phi) is 4.10. The summed E-state index contributed by atoms with van der Waals surface area (Å²) in [6, 6.07) is 1.93. The highest BCUT2D eigenvalue weighted by Gasteiger charge is 2.20. The molecule has 0 aromatic heterocycles. The van der Waals surface area contributed by atoms with Crippen LogP contribution in [0, 0.1) is 5.82 Å². The Bertz CT molecular complexity index is 463. The SMILES string of the molecule is CC(O)(CO)CNc1cc(F)c(C(=O)O)cc1N. The van der Waals surface area contributed by atoms with Crippen molar-refractivity contribution in [1.82, 2.24) is 0 Å². The van der Waals surface area contributed by atoms with Crippen molar-refractivity contribution in [3.8, 4) is 0 Å². The van der Waals surface area contributed by atoms with Gasteiger partial charge in [0.1, 0.15) is 11.4 Å². The predicted molar refractivity (Wildman–Crippen MR) is 64.0 cm³/mol. The Morgan fingerprint density at radius 2 is 2.17 bits per heavy atom. The van der Waals surface area contributed by atoms with E-state index in [0.29, 0.717) is 0 Å². The summed E-state index contributed by atoms with van der Waals surface area (Å²) in [4.78, 5) is 10.7. The topological polar surface area (TPSA) is 116 Å². The van der Waals surface area contributed by atoms with E-state index in [1.165, 1.54) is 6.92 Å². The molecule has 0 aliphatic carbocycles. The maximum Gasteiger partial charge on any atom is 0.338 e. The van der Waals surface area contributed by atoms with E-state index in [0.717, 1.165) is 12.1 Å². The summed E-state index contributed by atoms with van der Waals surface area (Å²) < 4.78 is 13.4. The molecule has 100 valence electrons. The lowest BCUT2D eigenvalue weighted by Gasteiger charge is -2.22. The van der Waals surface area contributed by atoms with E-state index < -0.39 is 29.6 Å². The summed E-state index contributed by atoms with van der Waals surface area (Å²) in [7, 11) is 0. The van der Waals surface area contributed by atoms with Gasteiger partial charge in [-0.15, -0.1) is 0 Å². The van der Waals surface area contributed by atoms with Crippen LogP contribution in [-0.2, 0) is 0 Å². The number of carboxylic acid groups (broad SMARTS) is 1. The fraction of sp³-hybridized carbons (Fsp3) is 0.364. The van der Waals surface area contributed by atoms with Gasteiger partial charge in [0.15, 0.2) is 0 Å². The third-order valence-electron chi connectivity index (χ3n) is 2.37. The molecule has 1 atom stereocenters. The molecule has 7 heteroatoms. The molecule has 0 radical (unpaired) electrons. The van der Waals surface area contributed by atoms with E-state index in [4.69, 9.17) is 15.9 Å². The molecule has 1 rings (SSSR count). The Hall–Kier alpha value is -1.86. The molecule has 18 heavy (non-hydrogen) atoms. The first kappa shape index (κ1) is 14.2. The molecule has 0 saturated carbocycles. The number of aliphatic hydroxyl groups is 2. The van der Waals surface area contributed by atoms with Gasteiger partial charge in [0.2, 0.25) is 0 Å².